The van der Waals surface area contributed by atoms with Crippen LogP contribution < -0.4 is 25.4 Å². The van der Waals surface area contributed by atoms with E-state index >= 15 is 0 Å². The number of hydrogen-bond donors (Lipinski definition) is 3. The molecule has 0 fully saturated rings. The molecular formula is C23H29N3O6. The minimum absolute atomic E-state index is 0.0585. The Morgan fingerprint density at radius 2 is 1.69 bits per heavy atom. The number of benzene rings is 2. The van der Waals surface area contributed by atoms with Gasteiger partial charge in [0.15, 0.2) is 18.1 Å². The van der Waals surface area contributed by atoms with Crippen LogP contribution in [0.5, 0.6) is 11.5 Å². The molecule has 0 unspecified atom stereocenters. The van der Waals surface area contributed by atoms with E-state index in [9.17, 15) is 14.4 Å². The molecule has 32 heavy (non-hydrogen) atoms. The molecule has 3 N–H and O–H groups in total. The van der Waals surface area contributed by atoms with Crippen molar-refractivity contribution in [2.75, 3.05) is 32.7 Å². The van der Waals surface area contributed by atoms with Crippen LogP contribution >= 0.6 is 0 Å². The smallest absolute Gasteiger partial charge is 0.340 e. The van der Waals surface area contributed by atoms with E-state index in [1.165, 1.54) is 6.07 Å². The molecule has 0 atom stereocenters. The summed E-state index contributed by atoms with van der Waals surface area (Å²) >= 11 is 0. The van der Waals surface area contributed by atoms with E-state index in [-0.39, 0.29) is 11.6 Å². The monoisotopic (exact) mass is 443 g/mol. The highest BCUT2D eigenvalue weighted by Crippen LogP contribution is 2.27. The number of ether oxygens (including phenoxy) is 3. The lowest BCUT2D eigenvalue weighted by Crippen LogP contribution is -2.34. The molecule has 0 saturated heterocycles. The van der Waals surface area contributed by atoms with Gasteiger partial charge in [-0.3, -0.25) is 4.79 Å². The summed E-state index contributed by atoms with van der Waals surface area (Å²) in [6.07, 6.45) is 0.567. The van der Waals surface area contributed by atoms with Crippen molar-refractivity contribution >= 4 is 23.6 Å². The molecule has 0 aromatic heterocycles. The van der Waals surface area contributed by atoms with Gasteiger partial charge in [0.05, 0.1) is 25.5 Å². The maximum absolute atomic E-state index is 12.4. The third-order valence-electron chi connectivity index (χ3n) is 4.33. The average Bonchev–Trinajstić information content (AvgIpc) is 2.77. The number of amides is 3. The fraction of sp³-hybridized carbons (Fsp3) is 0.348. The molecule has 0 saturated carbocycles. The summed E-state index contributed by atoms with van der Waals surface area (Å²) in [5.41, 5.74) is 1.41. The van der Waals surface area contributed by atoms with E-state index in [4.69, 9.17) is 14.2 Å². The quantitative estimate of drug-likeness (QED) is 0.487. The third-order valence-corrected chi connectivity index (χ3v) is 4.33. The summed E-state index contributed by atoms with van der Waals surface area (Å²) in [7, 11) is 3.12. The number of hydrogen-bond acceptors (Lipinski definition) is 6. The number of methoxy groups -OCH3 is 2. The van der Waals surface area contributed by atoms with Gasteiger partial charge in [-0.05, 0) is 50.1 Å². The first-order valence-corrected chi connectivity index (χ1v) is 10.1. The second kappa shape index (κ2) is 12.2. The maximum atomic E-state index is 12.4. The number of nitrogens with one attached hydrogen (secondary N) is 3. The van der Waals surface area contributed by atoms with E-state index < -0.39 is 24.5 Å². The molecule has 0 spiro atoms. The van der Waals surface area contributed by atoms with E-state index in [0.717, 1.165) is 5.56 Å². The van der Waals surface area contributed by atoms with Gasteiger partial charge in [-0.2, -0.15) is 0 Å². The van der Waals surface area contributed by atoms with Crippen molar-refractivity contribution in [1.82, 2.24) is 10.6 Å². The topological polar surface area (TPSA) is 115 Å². The Morgan fingerprint density at radius 3 is 2.38 bits per heavy atom. The van der Waals surface area contributed by atoms with Crippen LogP contribution in [0.3, 0.4) is 0 Å². The molecular weight excluding hydrogens is 414 g/mol. The second-order valence-corrected chi connectivity index (χ2v) is 7.16. The van der Waals surface area contributed by atoms with Crippen molar-refractivity contribution in [2.24, 2.45) is 0 Å². The summed E-state index contributed by atoms with van der Waals surface area (Å²) in [5, 5.41) is 7.99. The zero-order valence-electron chi connectivity index (χ0n) is 18.7. The molecule has 0 radical (unpaired) electrons. The van der Waals surface area contributed by atoms with E-state index in [0.29, 0.717) is 30.2 Å². The van der Waals surface area contributed by atoms with Gasteiger partial charge in [-0.1, -0.05) is 18.2 Å². The van der Waals surface area contributed by atoms with Crippen LogP contribution in [0.1, 0.15) is 29.8 Å². The summed E-state index contributed by atoms with van der Waals surface area (Å²) in [6.45, 7) is 3.57. The fourth-order valence-corrected chi connectivity index (χ4v) is 2.83. The van der Waals surface area contributed by atoms with Crippen LogP contribution in [0.15, 0.2) is 42.5 Å². The predicted octanol–water partition coefficient (Wildman–Crippen LogP) is 2.75. The highest BCUT2D eigenvalue weighted by molar-refractivity contribution is 6.01. The molecule has 0 heterocycles. The second-order valence-electron chi connectivity index (χ2n) is 7.16. The van der Waals surface area contributed by atoms with Gasteiger partial charge >= 0.3 is 12.0 Å². The Bertz CT molecular complexity index is 945. The Kier molecular flexibility index (Phi) is 9.34. The molecule has 2 aromatic rings. The van der Waals surface area contributed by atoms with Crippen molar-refractivity contribution < 1.29 is 28.6 Å². The number of anilines is 1. The first kappa shape index (κ1) is 24.5. The van der Waals surface area contributed by atoms with Crippen molar-refractivity contribution in [1.29, 1.82) is 0 Å². The molecule has 2 aromatic carbocycles. The summed E-state index contributed by atoms with van der Waals surface area (Å²) in [5.74, 6) is 0.102. The lowest BCUT2D eigenvalue weighted by atomic mass is 10.1. The van der Waals surface area contributed by atoms with Crippen LogP contribution in [-0.4, -0.2) is 51.3 Å². The van der Waals surface area contributed by atoms with Crippen molar-refractivity contribution in [3.05, 3.63) is 53.6 Å². The van der Waals surface area contributed by atoms with Gasteiger partial charge in [0.25, 0.3) is 5.91 Å². The van der Waals surface area contributed by atoms with Crippen LogP contribution in [0.4, 0.5) is 10.5 Å². The molecule has 9 nitrogen and oxygen atoms in total. The largest absolute Gasteiger partial charge is 0.493 e. The number of urea groups is 1. The minimum atomic E-state index is -0.708. The Labute approximate surface area is 187 Å². The van der Waals surface area contributed by atoms with Gasteiger partial charge < -0.3 is 30.2 Å². The number of esters is 1. The Balaban J connectivity index is 1.83. The van der Waals surface area contributed by atoms with Gasteiger partial charge in [0.1, 0.15) is 0 Å². The van der Waals surface area contributed by atoms with Crippen LogP contribution in [-0.2, 0) is 16.0 Å². The van der Waals surface area contributed by atoms with Crippen molar-refractivity contribution in [3.63, 3.8) is 0 Å². The number of para-hydroxylation sites is 1. The first-order valence-electron chi connectivity index (χ1n) is 10.1. The number of carbonyl (C=O) groups is 3. The average molecular weight is 444 g/mol. The van der Waals surface area contributed by atoms with Crippen molar-refractivity contribution in [3.8, 4) is 11.5 Å². The minimum Gasteiger partial charge on any atom is -0.493 e. The maximum Gasteiger partial charge on any atom is 0.340 e. The summed E-state index contributed by atoms with van der Waals surface area (Å²) < 4.78 is 15.6. The van der Waals surface area contributed by atoms with Gasteiger partial charge in [0.2, 0.25) is 0 Å². The molecule has 0 bridgehead atoms. The fourth-order valence-electron chi connectivity index (χ4n) is 2.83. The number of rotatable bonds is 10. The normalized spacial score (nSPS) is 10.3. The van der Waals surface area contributed by atoms with Crippen molar-refractivity contribution in [2.45, 2.75) is 26.3 Å². The van der Waals surface area contributed by atoms with Gasteiger partial charge in [-0.15, -0.1) is 0 Å². The third kappa shape index (κ3) is 7.50. The van der Waals surface area contributed by atoms with E-state index in [1.807, 2.05) is 26.0 Å². The Morgan fingerprint density at radius 1 is 0.969 bits per heavy atom. The van der Waals surface area contributed by atoms with Crippen LogP contribution in [0.25, 0.3) is 0 Å². The zero-order valence-corrected chi connectivity index (χ0v) is 18.7. The highest BCUT2D eigenvalue weighted by Gasteiger charge is 2.16. The molecule has 0 aliphatic rings. The standard InChI is InChI=1S/C23H29N3O6/c1-15(2)25-23(29)26-18-8-6-5-7-17(18)22(28)32-14-21(27)24-12-11-16-9-10-19(30-3)20(13-16)31-4/h5-10,13,15H,11-12,14H2,1-4H3,(H,24,27)(H2,25,26,29). The van der Waals surface area contributed by atoms with Gasteiger partial charge in [0, 0.05) is 12.6 Å². The predicted molar refractivity (Wildman–Crippen MR) is 120 cm³/mol. The van der Waals surface area contributed by atoms with Crippen LogP contribution in [0.2, 0.25) is 0 Å². The highest BCUT2D eigenvalue weighted by atomic mass is 16.5. The molecule has 2 rings (SSSR count). The van der Waals surface area contributed by atoms with Gasteiger partial charge in [-0.25, -0.2) is 9.59 Å². The first-order chi connectivity index (χ1) is 15.3. The molecule has 9 heteroatoms. The molecule has 0 aliphatic carbocycles. The Hall–Kier alpha value is -3.75. The lowest BCUT2D eigenvalue weighted by molar-refractivity contribution is -0.124. The van der Waals surface area contributed by atoms with E-state index in [1.54, 1.807) is 38.5 Å². The number of carbonyl (C=O) groups excluding carboxylic acids is 3. The SMILES string of the molecule is COc1ccc(CCNC(=O)COC(=O)c2ccccc2NC(=O)NC(C)C)cc1OC. The van der Waals surface area contributed by atoms with Crippen LogP contribution in [0, 0.1) is 0 Å². The molecule has 172 valence electrons. The lowest BCUT2D eigenvalue weighted by Gasteiger charge is -2.13. The molecule has 3 amide bonds. The summed E-state index contributed by atoms with van der Waals surface area (Å²) in [4.78, 5) is 36.4. The van der Waals surface area contributed by atoms with E-state index in [2.05, 4.69) is 16.0 Å². The summed E-state index contributed by atoms with van der Waals surface area (Å²) in [6, 6.07) is 11.4. The zero-order chi connectivity index (χ0) is 23.5. The molecule has 0 aliphatic heterocycles.